The molecule has 0 heterocycles. The predicted octanol–water partition coefficient (Wildman–Crippen LogP) is 1.03. The van der Waals surface area contributed by atoms with Gasteiger partial charge in [0.1, 0.15) is 0 Å². The van der Waals surface area contributed by atoms with E-state index >= 15 is 0 Å². The van der Waals surface area contributed by atoms with Crippen molar-refractivity contribution in [3.63, 3.8) is 0 Å². The summed E-state index contributed by atoms with van der Waals surface area (Å²) in [5.41, 5.74) is -0.500. The maximum Gasteiger partial charge on any atom is 0.0614 e. The van der Waals surface area contributed by atoms with Gasteiger partial charge in [-0.15, -0.1) is 0 Å². The summed E-state index contributed by atoms with van der Waals surface area (Å²) in [5.74, 6) is 0.354. The molecule has 0 amide bonds. The van der Waals surface area contributed by atoms with Gasteiger partial charge in [-0.3, -0.25) is 0 Å². The Morgan fingerprint density at radius 2 is 1.38 bits per heavy atom. The van der Waals surface area contributed by atoms with Gasteiger partial charge >= 0.3 is 0 Å². The average molecular weight is 125 g/mol. The van der Waals surface area contributed by atoms with E-state index in [1.54, 1.807) is 0 Å². The molecule has 2 heteroatoms. The molecule has 0 bridgehead atoms. The van der Waals surface area contributed by atoms with Crippen LogP contribution >= 0.6 is 0 Å². The molecule has 0 aromatic heterocycles. The molecule has 0 aromatic rings. The van der Waals surface area contributed by atoms with Crippen LogP contribution in [0.2, 0.25) is 0 Å². The standard InChI is InChI=1S/C6H14O.Na/c1-5(2)6(3,4)7;/h5,7H,1-4H3;. The monoisotopic (exact) mass is 125 g/mol. The second-order valence-electron chi connectivity index (χ2n) is 2.81. The molecule has 1 nitrogen and oxygen atoms in total. The topological polar surface area (TPSA) is 20.2 Å². The minimum Gasteiger partial charge on any atom is -0.390 e. The quantitative estimate of drug-likeness (QED) is 0.519. The zero-order chi connectivity index (χ0) is 6.08. The van der Waals surface area contributed by atoms with E-state index in [-0.39, 0.29) is 29.6 Å². The summed E-state index contributed by atoms with van der Waals surface area (Å²) in [6, 6.07) is 0. The third kappa shape index (κ3) is 5.10. The molecule has 0 fully saturated rings. The Hall–Kier alpha value is 0.960. The van der Waals surface area contributed by atoms with E-state index < -0.39 is 5.60 Å². The van der Waals surface area contributed by atoms with E-state index in [2.05, 4.69) is 0 Å². The summed E-state index contributed by atoms with van der Waals surface area (Å²) in [4.78, 5) is 0. The maximum atomic E-state index is 9.09. The van der Waals surface area contributed by atoms with Crippen LogP contribution in [0.4, 0.5) is 0 Å². The molecule has 0 aliphatic rings. The minimum absolute atomic E-state index is 0. The molecular formula is C6H14NaO. The molecule has 8 heavy (non-hydrogen) atoms. The normalized spacial score (nSPS) is 11.2. The molecule has 0 atom stereocenters. The fourth-order valence-corrected chi connectivity index (χ4v) is 0. The first-order chi connectivity index (χ1) is 2.94. The van der Waals surface area contributed by atoms with Gasteiger partial charge in [0, 0.05) is 29.6 Å². The SMILES string of the molecule is CC(C)C(C)(C)O.[Na]. The first-order valence-electron chi connectivity index (χ1n) is 2.67. The Labute approximate surface area is 73.8 Å². The van der Waals surface area contributed by atoms with Gasteiger partial charge in [-0.05, 0) is 19.8 Å². The van der Waals surface area contributed by atoms with E-state index in [0.29, 0.717) is 5.92 Å². The van der Waals surface area contributed by atoms with Gasteiger partial charge in [0.15, 0.2) is 0 Å². The molecule has 0 rings (SSSR count). The van der Waals surface area contributed by atoms with Gasteiger partial charge < -0.3 is 5.11 Å². The van der Waals surface area contributed by atoms with Crippen molar-refractivity contribution in [2.75, 3.05) is 0 Å². The minimum atomic E-state index is -0.500. The second kappa shape index (κ2) is 3.89. The van der Waals surface area contributed by atoms with E-state index in [9.17, 15) is 0 Å². The molecular weight excluding hydrogens is 111 g/mol. The second-order valence-corrected chi connectivity index (χ2v) is 2.81. The molecule has 0 saturated heterocycles. The van der Waals surface area contributed by atoms with Crippen molar-refractivity contribution in [3.05, 3.63) is 0 Å². The predicted molar refractivity (Wildman–Crippen MR) is 36.9 cm³/mol. The molecule has 0 aromatic carbocycles. The molecule has 0 spiro atoms. The molecule has 0 aliphatic carbocycles. The summed E-state index contributed by atoms with van der Waals surface area (Å²) in [6.45, 7) is 7.63. The van der Waals surface area contributed by atoms with Crippen molar-refractivity contribution in [2.45, 2.75) is 33.3 Å². The molecule has 45 valence electrons. The van der Waals surface area contributed by atoms with Crippen molar-refractivity contribution < 1.29 is 5.11 Å². The summed E-state index contributed by atoms with van der Waals surface area (Å²) >= 11 is 0. The third-order valence-corrected chi connectivity index (χ3v) is 1.41. The summed E-state index contributed by atoms with van der Waals surface area (Å²) in [6.07, 6.45) is 0. The largest absolute Gasteiger partial charge is 0.390 e. The summed E-state index contributed by atoms with van der Waals surface area (Å²) < 4.78 is 0. The Kier molecular flexibility index (Phi) is 5.69. The van der Waals surface area contributed by atoms with E-state index in [0.717, 1.165) is 0 Å². The van der Waals surface area contributed by atoms with Gasteiger partial charge in [0.25, 0.3) is 0 Å². The van der Waals surface area contributed by atoms with Gasteiger partial charge in [-0.2, -0.15) is 0 Å². The van der Waals surface area contributed by atoms with Gasteiger partial charge in [0.2, 0.25) is 0 Å². The average Bonchev–Trinajstić information content (AvgIpc) is 1.31. The van der Waals surface area contributed by atoms with Gasteiger partial charge in [-0.1, -0.05) is 13.8 Å². The number of hydrogen-bond donors (Lipinski definition) is 1. The van der Waals surface area contributed by atoms with E-state index in [4.69, 9.17) is 5.11 Å². The summed E-state index contributed by atoms with van der Waals surface area (Å²) in [7, 11) is 0. The van der Waals surface area contributed by atoms with Crippen molar-refractivity contribution in [1.29, 1.82) is 0 Å². The third-order valence-electron chi connectivity index (χ3n) is 1.41. The van der Waals surface area contributed by atoms with Crippen LogP contribution in [0, 0.1) is 5.92 Å². The molecule has 1 radical (unpaired) electrons. The van der Waals surface area contributed by atoms with Crippen LogP contribution in [0.15, 0.2) is 0 Å². The fourth-order valence-electron chi connectivity index (χ4n) is 0. The zero-order valence-corrected chi connectivity index (χ0v) is 8.52. The van der Waals surface area contributed by atoms with Crippen LogP contribution in [0.5, 0.6) is 0 Å². The first-order valence-corrected chi connectivity index (χ1v) is 2.67. The smallest absolute Gasteiger partial charge is 0.0614 e. The number of hydrogen-bond acceptors (Lipinski definition) is 1. The van der Waals surface area contributed by atoms with Gasteiger partial charge in [0.05, 0.1) is 5.60 Å². The van der Waals surface area contributed by atoms with Crippen molar-refractivity contribution >= 4 is 29.6 Å². The van der Waals surface area contributed by atoms with Crippen LogP contribution in [-0.2, 0) is 0 Å². The Morgan fingerprint density at radius 1 is 1.25 bits per heavy atom. The molecule has 0 aliphatic heterocycles. The molecule has 1 N–H and O–H groups in total. The number of rotatable bonds is 1. The molecule has 0 saturated carbocycles. The van der Waals surface area contributed by atoms with E-state index in [1.807, 2.05) is 27.7 Å². The Balaban J connectivity index is 0. The fraction of sp³-hybridized carbons (Fsp3) is 1.00. The van der Waals surface area contributed by atoms with Crippen LogP contribution in [0.3, 0.4) is 0 Å². The van der Waals surface area contributed by atoms with Crippen LogP contribution in [0.25, 0.3) is 0 Å². The van der Waals surface area contributed by atoms with Crippen molar-refractivity contribution in [3.8, 4) is 0 Å². The Morgan fingerprint density at radius 3 is 1.38 bits per heavy atom. The maximum absolute atomic E-state index is 9.09. The van der Waals surface area contributed by atoms with Crippen LogP contribution in [0.1, 0.15) is 27.7 Å². The zero-order valence-electron chi connectivity index (χ0n) is 6.52. The van der Waals surface area contributed by atoms with Crippen LogP contribution < -0.4 is 0 Å². The van der Waals surface area contributed by atoms with Crippen LogP contribution in [-0.4, -0.2) is 40.3 Å². The van der Waals surface area contributed by atoms with Crippen molar-refractivity contribution in [2.24, 2.45) is 5.92 Å². The Bertz CT molecular complexity index is 54.0. The van der Waals surface area contributed by atoms with Crippen molar-refractivity contribution in [1.82, 2.24) is 0 Å². The van der Waals surface area contributed by atoms with Gasteiger partial charge in [-0.25, -0.2) is 0 Å². The van der Waals surface area contributed by atoms with E-state index in [1.165, 1.54) is 0 Å². The number of aliphatic hydroxyl groups is 1. The molecule has 0 unspecified atom stereocenters. The summed E-state index contributed by atoms with van der Waals surface area (Å²) in [5, 5.41) is 9.09. The first kappa shape index (κ1) is 11.7.